The lowest BCUT2D eigenvalue weighted by atomic mass is 9.92. The number of halogens is 1. The highest BCUT2D eigenvalue weighted by Gasteiger charge is 2.10. The number of rotatable bonds is 5. The van der Waals surface area contributed by atoms with Crippen LogP contribution in [0.5, 0.6) is 0 Å². The van der Waals surface area contributed by atoms with Crippen LogP contribution in [-0.4, -0.2) is 5.16 Å². The second-order valence-electron chi connectivity index (χ2n) is 6.78. The minimum absolute atomic E-state index is 0.226. The average Bonchev–Trinajstić information content (AvgIpc) is 2.68. The van der Waals surface area contributed by atoms with Gasteiger partial charge in [0.15, 0.2) is 0 Å². The molecule has 3 rings (SSSR count). The van der Waals surface area contributed by atoms with Gasteiger partial charge in [-0.1, -0.05) is 43.7 Å². The molecule has 0 spiro atoms. The monoisotopic (exact) mass is 375 g/mol. The summed E-state index contributed by atoms with van der Waals surface area (Å²) in [5.41, 5.74) is 5.74. The topological polar surface area (TPSA) is 12.4 Å². The van der Waals surface area contributed by atoms with E-state index in [4.69, 9.17) is 0 Å². The lowest BCUT2D eigenvalue weighted by Gasteiger charge is -2.13. The number of hydrogen-bond acceptors (Lipinski definition) is 2. The van der Waals surface area contributed by atoms with Gasteiger partial charge in [-0.05, 0) is 84.9 Å². The Bertz CT molecular complexity index is 972. The molecule has 0 atom stereocenters. The van der Waals surface area contributed by atoms with Crippen molar-refractivity contribution in [2.75, 3.05) is 0 Å². The molecule has 1 aliphatic rings. The van der Waals surface area contributed by atoms with Crippen molar-refractivity contribution in [3.8, 4) is 11.8 Å². The summed E-state index contributed by atoms with van der Waals surface area (Å²) in [6, 6.07) is 11.4. The minimum atomic E-state index is -0.226. The Morgan fingerprint density at radius 1 is 1.07 bits per heavy atom. The molecule has 3 heteroatoms. The molecule has 0 aromatic heterocycles. The third-order valence-corrected chi connectivity index (χ3v) is 4.85. The van der Waals surface area contributed by atoms with Gasteiger partial charge in [-0.2, -0.15) is 4.99 Å². The molecule has 0 aliphatic heterocycles. The van der Waals surface area contributed by atoms with Crippen LogP contribution >= 0.6 is 12.2 Å². The standard InChI is InChI=1S/C24H22FNS/c1-2-3-4-5-18-6-9-20(24(25)15-18)10-7-19-8-11-22-16-23(26-17-27)13-12-21(22)14-19/h6,9,12-16H,2-5,8,11H2,1H3. The first-order chi connectivity index (χ1) is 13.2. The predicted molar refractivity (Wildman–Crippen MR) is 114 cm³/mol. The van der Waals surface area contributed by atoms with Gasteiger partial charge in [0.25, 0.3) is 0 Å². The van der Waals surface area contributed by atoms with Gasteiger partial charge in [-0.25, -0.2) is 4.39 Å². The molecule has 0 radical (unpaired) electrons. The zero-order chi connectivity index (χ0) is 19.1. The van der Waals surface area contributed by atoms with Gasteiger partial charge >= 0.3 is 0 Å². The summed E-state index contributed by atoms with van der Waals surface area (Å²) in [7, 11) is 0. The minimum Gasteiger partial charge on any atom is -0.206 e. The molecule has 2 aromatic carbocycles. The van der Waals surface area contributed by atoms with Crippen LogP contribution in [-0.2, 0) is 12.8 Å². The van der Waals surface area contributed by atoms with Gasteiger partial charge in [0.05, 0.1) is 16.4 Å². The van der Waals surface area contributed by atoms with Gasteiger partial charge in [0.2, 0.25) is 0 Å². The normalized spacial score (nSPS) is 12.3. The van der Waals surface area contributed by atoms with Crippen molar-refractivity contribution in [2.45, 2.75) is 45.4 Å². The van der Waals surface area contributed by atoms with Crippen molar-refractivity contribution in [1.29, 1.82) is 0 Å². The zero-order valence-electron chi connectivity index (χ0n) is 15.5. The van der Waals surface area contributed by atoms with E-state index < -0.39 is 0 Å². The molecule has 0 N–H and O–H groups in total. The number of aliphatic imine (C=N–C) groups is 1. The van der Waals surface area contributed by atoms with Crippen molar-refractivity contribution in [3.05, 3.63) is 70.0 Å². The summed E-state index contributed by atoms with van der Waals surface area (Å²) < 4.78 is 14.3. The van der Waals surface area contributed by atoms with E-state index in [-0.39, 0.29) is 5.82 Å². The van der Waals surface area contributed by atoms with Crippen LogP contribution in [0, 0.1) is 17.7 Å². The van der Waals surface area contributed by atoms with Crippen LogP contribution in [0.25, 0.3) is 6.08 Å². The Morgan fingerprint density at radius 3 is 2.74 bits per heavy atom. The number of thiocarbonyl (C=S) groups is 1. The lowest BCUT2D eigenvalue weighted by molar-refractivity contribution is 0.619. The Morgan fingerprint density at radius 2 is 1.96 bits per heavy atom. The van der Waals surface area contributed by atoms with Crippen LogP contribution < -0.4 is 0 Å². The molecular weight excluding hydrogens is 353 g/mol. The first-order valence-electron chi connectivity index (χ1n) is 9.41. The molecule has 0 amide bonds. The fourth-order valence-electron chi connectivity index (χ4n) is 3.24. The average molecular weight is 376 g/mol. The molecular formula is C24H22FNS. The van der Waals surface area contributed by atoms with Crippen molar-refractivity contribution in [1.82, 2.24) is 0 Å². The van der Waals surface area contributed by atoms with E-state index in [9.17, 15) is 4.39 Å². The predicted octanol–water partition coefficient (Wildman–Crippen LogP) is 6.67. The molecule has 1 nitrogen and oxygen atoms in total. The van der Waals surface area contributed by atoms with Crippen LogP contribution in [0.15, 0.2) is 47.0 Å². The largest absolute Gasteiger partial charge is 0.206 e. The molecule has 0 saturated heterocycles. The Labute approximate surface area is 166 Å². The van der Waals surface area contributed by atoms with Crippen molar-refractivity contribution in [3.63, 3.8) is 0 Å². The summed E-state index contributed by atoms with van der Waals surface area (Å²) in [4.78, 5) is 4.02. The first kappa shape index (κ1) is 19.2. The number of isothiocyanates is 1. The Hall–Kier alpha value is -2.53. The summed E-state index contributed by atoms with van der Waals surface area (Å²) >= 11 is 4.66. The number of allylic oxidation sites excluding steroid dienone is 1. The molecule has 27 heavy (non-hydrogen) atoms. The van der Waals surface area contributed by atoms with E-state index in [1.807, 2.05) is 24.3 Å². The highest BCUT2D eigenvalue weighted by Crippen LogP contribution is 2.27. The van der Waals surface area contributed by atoms with Gasteiger partial charge < -0.3 is 0 Å². The van der Waals surface area contributed by atoms with Gasteiger partial charge in [-0.15, -0.1) is 0 Å². The molecule has 136 valence electrons. The highest BCUT2D eigenvalue weighted by atomic mass is 32.1. The van der Waals surface area contributed by atoms with Crippen molar-refractivity contribution < 1.29 is 4.39 Å². The third-order valence-electron chi connectivity index (χ3n) is 4.75. The Balaban J connectivity index is 1.75. The Kier molecular flexibility index (Phi) is 6.71. The molecule has 1 aliphatic carbocycles. The molecule has 0 heterocycles. The molecule has 0 saturated carbocycles. The maximum absolute atomic E-state index is 14.3. The van der Waals surface area contributed by atoms with Crippen LogP contribution in [0.2, 0.25) is 0 Å². The zero-order valence-corrected chi connectivity index (χ0v) is 16.3. The van der Waals surface area contributed by atoms with Crippen molar-refractivity contribution >= 4 is 29.1 Å². The van der Waals surface area contributed by atoms with E-state index in [0.717, 1.165) is 48.1 Å². The maximum Gasteiger partial charge on any atom is 0.139 e. The van der Waals surface area contributed by atoms with Crippen molar-refractivity contribution in [2.24, 2.45) is 4.99 Å². The van der Waals surface area contributed by atoms with Gasteiger partial charge in [0.1, 0.15) is 5.82 Å². The third kappa shape index (κ3) is 5.23. The quantitative estimate of drug-likeness (QED) is 0.246. The van der Waals surface area contributed by atoms with E-state index in [2.05, 4.69) is 47.2 Å². The lowest BCUT2D eigenvalue weighted by Crippen LogP contribution is -1.98. The SMILES string of the molecule is CCCCCc1ccc(C#CC2=Cc3ccc(N=C=S)cc3CC2)c(F)c1. The first-order valence-corrected chi connectivity index (χ1v) is 9.82. The van der Waals surface area contributed by atoms with E-state index in [1.54, 1.807) is 12.1 Å². The number of aryl methyl sites for hydroxylation is 2. The highest BCUT2D eigenvalue weighted by molar-refractivity contribution is 7.78. The van der Waals surface area contributed by atoms with Crippen LogP contribution in [0.3, 0.4) is 0 Å². The van der Waals surface area contributed by atoms with E-state index >= 15 is 0 Å². The number of benzene rings is 2. The smallest absolute Gasteiger partial charge is 0.139 e. The number of hydrogen-bond donors (Lipinski definition) is 0. The summed E-state index contributed by atoms with van der Waals surface area (Å²) in [6.07, 6.45) is 8.20. The van der Waals surface area contributed by atoms with Gasteiger partial charge in [0, 0.05) is 5.57 Å². The summed E-state index contributed by atoms with van der Waals surface area (Å²) in [5, 5.41) is 2.40. The van der Waals surface area contributed by atoms with Crippen LogP contribution in [0.4, 0.5) is 10.1 Å². The summed E-state index contributed by atoms with van der Waals surface area (Å²) in [6.45, 7) is 2.17. The molecule has 0 fully saturated rings. The number of unbranched alkanes of at least 4 members (excludes halogenated alkanes) is 2. The van der Waals surface area contributed by atoms with E-state index in [0.29, 0.717) is 5.56 Å². The second kappa shape index (κ2) is 9.42. The maximum atomic E-state index is 14.3. The molecule has 2 aromatic rings. The fraction of sp³-hybridized carbons (Fsp3) is 0.292. The second-order valence-corrected chi connectivity index (χ2v) is 6.96. The van der Waals surface area contributed by atoms with Gasteiger partial charge in [-0.3, -0.25) is 0 Å². The molecule has 0 unspecified atom stereocenters. The summed E-state index contributed by atoms with van der Waals surface area (Å²) in [5.74, 6) is 5.93. The fourth-order valence-corrected chi connectivity index (χ4v) is 3.35. The number of fused-ring (bicyclic) bond motifs is 1. The van der Waals surface area contributed by atoms with Crippen LogP contribution in [0.1, 0.15) is 54.9 Å². The number of nitrogens with zero attached hydrogens (tertiary/aromatic N) is 1. The van der Waals surface area contributed by atoms with E-state index in [1.165, 1.54) is 18.4 Å². The molecule has 0 bridgehead atoms.